The quantitative estimate of drug-likeness (QED) is 0.812. The van der Waals surface area contributed by atoms with Gasteiger partial charge < -0.3 is 0 Å². The third-order valence-electron chi connectivity index (χ3n) is 2.71. The summed E-state index contributed by atoms with van der Waals surface area (Å²) in [6, 6.07) is 7.89. The molecule has 3 heteroatoms. The Kier molecular flexibility index (Phi) is 3.76. The van der Waals surface area contributed by atoms with Gasteiger partial charge in [-0.05, 0) is 29.0 Å². The van der Waals surface area contributed by atoms with Crippen LogP contribution in [-0.2, 0) is 13.0 Å². The van der Waals surface area contributed by atoms with Gasteiger partial charge in [0.15, 0.2) is 0 Å². The summed E-state index contributed by atoms with van der Waals surface area (Å²) < 4.78 is 1.95. The fraction of sp³-hybridized carbons (Fsp3) is 0.400. The zero-order valence-corrected chi connectivity index (χ0v) is 11.9. The van der Waals surface area contributed by atoms with E-state index in [4.69, 9.17) is 11.6 Å². The van der Waals surface area contributed by atoms with Crippen LogP contribution in [0, 0.1) is 5.41 Å². The first-order chi connectivity index (χ1) is 8.44. The van der Waals surface area contributed by atoms with Crippen molar-refractivity contribution < 1.29 is 0 Å². The van der Waals surface area contributed by atoms with Crippen LogP contribution in [0.5, 0.6) is 0 Å². The molecule has 18 heavy (non-hydrogen) atoms. The Bertz CT molecular complexity index is 523. The van der Waals surface area contributed by atoms with Gasteiger partial charge in [0.25, 0.3) is 0 Å². The number of benzene rings is 1. The molecule has 0 radical (unpaired) electrons. The SMILES string of the molecule is CC(C)(C)Cc1cnn(Cc2ccccc2Cl)c1. The van der Waals surface area contributed by atoms with Gasteiger partial charge in [-0.15, -0.1) is 0 Å². The van der Waals surface area contributed by atoms with E-state index >= 15 is 0 Å². The molecule has 0 N–H and O–H groups in total. The van der Waals surface area contributed by atoms with Crippen molar-refractivity contribution in [3.05, 3.63) is 52.8 Å². The van der Waals surface area contributed by atoms with Crippen LogP contribution < -0.4 is 0 Å². The normalized spacial score (nSPS) is 11.8. The molecule has 0 bridgehead atoms. The fourth-order valence-electron chi connectivity index (χ4n) is 2.00. The minimum absolute atomic E-state index is 0.290. The van der Waals surface area contributed by atoms with Gasteiger partial charge in [0.1, 0.15) is 0 Å². The van der Waals surface area contributed by atoms with Crippen LogP contribution in [0.1, 0.15) is 31.9 Å². The lowest BCUT2D eigenvalue weighted by molar-refractivity contribution is 0.411. The lowest BCUT2D eigenvalue weighted by atomic mass is 9.89. The van der Waals surface area contributed by atoms with Crippen molar-refractivity contribution in [1.82, 2.24) is 9.78 Å². The second kappa shape index (κ2) is 5.15. The smallest absolute Gasteiger partial charge is 0.0673 e. The minimum atomic E-state index is 0.290. The average molecular weight is 263 g/mol. The molecule has 0 aliphatic rings. The van der Waals surface area contributed by atoms with E-state index in [0.29, 0.717) is 0 Å². The first-order valence-electron chi connectivity index (χ1n) is 6.19. The molecule has 0 aliphatic carbocycles. The van der Waals surface area contributed by atoms with E-state index in [1.54, 1.807) is 0 Å². The minimum Gasteiger partial charge on any atom is -0.268 e. The van der Waals surface area contributed by atoms with Crippen molar-refractivity contribution in [2.45, 2.75) is 33.7 Å². The van der Waals surface area contributed by atoms with Crippen LogP contribution in [0.4, 0.5) is 0 Å². The van der Waals surface area contributed by atoms with Crippen LogP contribution in [0.2, 0.25) is 5.02 Å². The first-order valence-corrected chi connectivity index (χ1v) is 6.56. The van der Waals surface area contributed by atoms with E-state index in [-0.39, 0.29) is 5.41 Å². The number of hydrogen-bond donors (Lipinski definition) is 0. The summed E-state index contributed by atoms with van der Waals surface area (Å²) >= 11 is 6.15. The summed E-state index contributed by atoms with van der Waals surface area (Å²) in [6.45, 7) is 7.43. The van der Waals surface area contributed by atoms with E-state index in [1.807, 2.05) is 35.1 Å². The highest BCUT2D eigenvalue weighted by Crippen LogP contribution is 2.21. The molecule has 0 saturated carbocycles. The first kappa shape index (κ1) is 13.2. The summed E-state index contributed by atoms with van der Waals surface area (Å²) in [5.74, 6) is 0. The Labute approximate surface area is 114 Å². The van der Waals surface area contributed by atoms with E-state index < -0.39 is 0 Å². The highest BCUT2D eigenvalue weighted by Gasteiger charge is 2.12. The largest absolute Gasteiger partial charge is 0.268 e. The lowest BCUT2D eigenvalue weighted by Crippen LogP contribution is -2.08. The topological polar surface area (TPSA) is 17.8 Å². The molecule has 0 unspecified atom stereocenters. The number of aromatic nitrogens is 2. The van der Waals surface area contributed by atoms with Crippen molar-refractivity contribution in [3.63, 3.8) is 0 Å². The molecule has 1 aromatic heterocycles. The summed E-state index contributed by atoms with van der Waals surface area (Å²) in [7, 11) is 0. The molecule has 0 saturated heterocycles. The van der Waals surface area contributed by atoms with Crippen molar-refractivity contribution >= 4 is 11.6 Å². The average Bonchev–Trinajstić information content (AvgIpc) is 2.66. The number of halogens is 1. The Morgan fingerprint density at radius 3 is 2.61 bits per heavy atom. The van der Waals surface area contributed by atoms with Gasteiger partial charge in [0.05, 0.1) is 12.7 Å². The molecule has 0 atom stereocenters. The van der Waals surface area contributed by atoms with Gasteiger partial charge >= 0.3 is 0 Å². The van der Waals surface area contributed by atoms with E-state index in [0.717, 1.165) is 23.6 Å². The van der Waals surface area contributed by atoms with Gasteiger partial charge in [0.2, 0.25) is 0 Å². The Balaban J connectivity index is 2.10. The number of hydrogen-bond acceptors (Lipinski definition) is 1. The zero-order chi connectivity index (χ0) is 13.2. The van der Waals surface area contributed by atoms with Crippen LogP contribution in [0.25, 0.3) is 0 Å². The molecule has 2 nitrogen and oxygen atoms in total. The number of rotatable bonds is 3. The standard InChI is InChI=1S/C15H19ClN2/c1-15(2,3)8-12-9-17-18(10-12)11-13-6-4-5-7-14(13)16/h4-7,9-10H,8,11H2,1-3H3. The van der Waals surface area contributed by atoms with Crippen molar-refractivity contribution in [1.29, 1.82) is 0 Å². The summed E-state index contributed by atoms with van der Waals surface area (Å²) in [6.07, 6.45) is 5.09. The predicted octanol–water partition coefficient (Wildman–Crippen LogP) is 4.17. The van der Waals surface area contributed by atoms with Crippen LogP contribution in [0.15, 0.2) is 36.7 Å². The lowest BCUT2D eigenvalue weighted by Gasteiger charge is -2.16. The molecule has 1 heterocycles. The molecular formula is C15H19ClN2. The van der Waals surface area contributed by atoms with Crippen LogP contribution in [0.3, 0.4) is 0 Å². The molecule has 2 rings (SSSR count). The van der Waals surface area contributed by atoms with Crippen molar-refractivity contribution in [2.75, 3.05) is 0 Å². The van der Waals surface area contributed by atoms with Gasteiger partial charge in [-0.25, -0.2) is 0 Å². The van der Waals surface area contributed by atoms with Gasteiger partial charge in [-0.1, -0.05) is 50.6 Å². The Hall–Kier alpha value is -1.28. The van der Waals surface area contributed by atoms with Gasteiger partial charge in [0, 0.05) is 11.2 Å². The maximum atomic E-state index is 6.15. The van der Waals surface area contributed by atoms with E-state index in [9.17, 15) is 0 Å². The third-order valence-corrected chi connectivity index (χ3v) is 3.08. The van der Waals surface area contributed by atoms with Gasteiger partial charge in [-0.3, -0.25) is 4.68 Å². The molecule has 0 amide bonds. The summed E-state index contributed by atoms with van der Waals surface area (Å²) in [5, 5.41) is 5.19. The van der Waals surface area contributed by atoms with Crippen LogP contribution >= 0.6 is 11.6 Å². The molecule has 2 aromatic rings. The van der Waals surface area contributed by atoms with E-state index in [1.165, 1.54) is 5.56 Å². The maximum absolute atomic E-state index is 6.15. The number of nitrogens with zero attached hydrogens (tertiary/aromatic N) is 2. The Morgan fingerprint density at radius 1 is 1.22 bits per heavy atom. The highest BCUT2D eigenvalue weighted by atomic mass is 35.5. The molecule has 0 fully saturated rings. The molecule has 96 valence electrons. The van der Waals surface area contributed by atoms with Crippen molar-refractivity contribution in [2.24, 2.45) is 5.41 Å². The second-order valence-electron chi connectivity index (χ2n) is 5.88. The monoisotopic (exact) mass is 262 g/mol. The molecule has 0 spiro atoms. The maximum Gasteiger partial charge on any atom is 0.0673 e. The summed E-state index contributed by atoms with van der Waals surface area (Å²) in [4.78, 5) is 0. The highest BCUT2D eigenvalue weighted by molar-refractivity contribution is 6.31. The summed E-state index contributed by atoms with van der Waals surface area (Å²) in [5.41, 5.74) is 2.66. The molecule has 1 aromatic carbocycles. The Morgan fingerprint density at radius 2 is 1.94 bits per heavy atom. The van der Waals surface area contributed by atoms with Crippen molar-refractivity contribution in [3.8, 4) is 0 Å². The predicted molar refractivity (Wildman–Crippen MR) is 75.9 cm³/mol. The van der Waals surface area contributed by atoms with E-state index in [2.05, 4.69) is 32.1 Å². The van der Waals surface area contributed by atoms with Crippen LogP contribution in [-0.4, -0.2) is 9.78 Å². The molecular weight excluding hydrogens is 244 g/mol. The van der Waals surface area contributed by atoms with Gasteiger partial charge in [-0.2, -0.15) is 5.10 Å². The fourth-order valence-corrected chi connectivity index (χ4v) is 2.19. The third kappa shape index (κ3) is 3.61. The second-order valence-corrected chi connectivity index (χ2v) is 6.28. The zero-order valence-electron chi connectivity index (χ0n) is 11.2. The molecule has 0 aliphatic heterocycles.